The molecule has 0 heterocycles. The summed E-state index contributed by atoms with van der Waals surface area (Å²) < 4.78 is 0. The number of quaternary nitrogens is 1. The Morgan fingerprint density at radius 1 is 1.04 bits per heavy atom. The van der Waals surface area contributed by atoms with Gasteiger partial charge in [-0.15, -0.1) is 0 Å². The van der Waals surface area contributed by atoms with Crippen molar-refractivity contribution >= 4 is 29.2 Å². The molecule has 1 rings (SSSR count). The van der Waals surface area contributed by atoms with Gasteiger partial charge in [-0.1, -0.05) is 19.8 Å². The standard InChI is InChI=1S/C18H27N3O4/c1-3-4-5-6-11-19-16(18(24)25)12-17(23)21-15-9-7-14(8-10-15)20-13(2)22/h7-10,16,19H,3-6,11-12H2,1-2H3,(H,20,22)(H,21,23)(H,24,25)/t16-/m0/s1. The largest absolute Gasteiger partial charge is 0.544 e. The van der Waals surface area contributed by atoms with Crippen LogP contribution in [0, 0.1) is 0 Å². The van der Waals surface area contributed by atoms with Crippen LogP contribution in [-0.4, -0.2) is 30.4 Å². The Morgan fingerprint density at radius 3 is 2.16 bits per heavy atom. The molecule has 1 atom stereocenters. The monoisotopic (exact) mass is 349 g/mol. The number of hydrogen-bond acceptors (Lipinski definition) is 4. The van der Waals surface area contributed by atoms with Crippen LogP contribution in [0.1, 0.15) is 46.0 Å². The molecular formula is C18H27N3O4. The first-order valence-electron chi connectivity index (χ1n) is 8.64. The number of unbranched alkanes of at least 4 members (excludes halogenated alkanes) is 3. The zero-order chi connectivity index (χ0) is 18.7. The quantitative estimate of drug-likeness (QED) is 0.496. The molecule has 0 aliphatic rings. The first kappa shape index (κ1) is 20.6. The highest BCUT2D eigenvalue weighted by Gasteiger charge is 2.18. The number of benzene rings is 1. The summed E-state index contributed by atoms with van der Waals surface area (Å²) in [6, 6.07) is 5.72. The summed E-state index contributed by atoms with van der Waals surface area (Å²) in [7, 11) is 0. The van der Waals surface area contributed by atoms with Crippen molar-refractivity contribution in [2.24, 2.45) is 0 Å². The zero-order valence-electron chi connectivity index (χ0n) is 14.8. The number of carbonyl (C=O) groups excluding carboxylic acids is 3. The van der Waals surface area contributed by atoms with E-state index in [4.69, 9.17) is 0 Å². The zero-order valence-corrected chi connectivity index (χ0v) is 14.8. The number of aliphatic carboxylic acids is 1. The molecule has 0 saturated carbocycles. The van der Waals surface area contributed by atoms with Gasteiger partial charge < -0.3 is 25.9 Å². The van der Waals surface area contributed by atoms with E-state index in [-0.39, 0.29) is 18.2 Å². The molecule has 7 nitrogen and oxygen atoms in total. The second-order valence-corrected chi connectivity index (χ2v) is 6.02. The number of hydrogen-bond donors (Lipinski definition) is 3. The maximum atomic E-state index is 12.0. The van der Waals surface area contributed by atoms with E-state index in [1.54, 1.807) is 29.6 Å². The van der Waals surface area contributed by atoms with E-state index in [0.29, 0.717) is 17.9 Å². The van der Waals surface area contributed by atoms with E-state index in [0.717, 1.165) is 25.7 Å². The molecular weight excluding hydrogens is 322 g/mol. The fourth-order valence-corrected chi connectivity index (χ4v) is 2.40. The smallest absolute Gasteiger partial charge is 0.230 e. The van der Waals surface area contributed by atoms with Gasteiger partial charge in [-0.3, -0.25) is 9.59 Å². The van der Waals surface area contributed by atoms with Crippen molar-refractivity contribution in [2.75, 3.05) is 17.2 Å². The van der Waals surface area contributed by atoms with Crippen molar-refractivity contribution in [3.05, 3.63) is 24.3 Å². The normalized spacial score (nSPS) is 11.6. The van der Waals surface area contributed by atoms with Crippen LogP contribution in [0.15, 0.2) is 24.3 Å². The van der Waals surface area contributed by atoms with E-state index in [9.17, 15) is 19.5 Å². The van der Waals surface area contributed by atoms with Gasteiger partial charge >= 0.3 is 0 Å². The van der Waals surface area contributed by atoms with Crippen LogP contribution in [0.25, 0.3) is 0 Å². The predicted octanol–water partition coefficient (Wildman–Crippen LogP) is 0.236. The molecule has 0 spiro atoms. The lowest BCUT2D eigenvalue weighted by Gasteiger charge is -2.16. The molecule has 0 aromatic heterocycles. The number of carbonyl (C=O) groups is 3. The Hall–Kier alpha value is -2.41. The highest BCUT2D eigenvalue weighted by atomic mass is 16.4. The number of rotatable bonds is 11. The van der Waals surface area contributed by atoms with Crippen molar-refractivity contribution in [3.8, 4) is 0 Å². The summed E-state index contributed by atoms with van der Waals surface area (Å²) in [5.41, 5.74) is 1.16. The minimum Gasteiger partial charge on any atom is -0.544 e. The van der Waals surface area contributed by atoms with Crippen molar-refractivity contribution in [3.63, 3.8) is 0 Å². The summed E-state index contributed by atoms with van der Waals surface area (Å²) in [6.07, 6.45) is 4.07. The molecule has 0 unspecified atom stereocenters. The van der Waals surface area contributed by atoms with Crippen LogP contribution in [0.4, 0.5) is 11.4 Å². The van der Waals surface area contributed by atoms with Gasteiger partial charge in [-0.25, -0.2) is 0 Å². The first-order chi connectivity index (χ1) is 11.9. The van der Waals surface area contributed by atoms with Gasteiger partial charge in [0.2, 0.25) is 11.8 Å². The van der Waals surface area contributed by atoms with Crippen molar-refractivity contribution in [1.29, 1.82) is 0 Å². The number of nitrogens with two attached hydrogens (primary N) is 1. The lowest BCUT2D eigenvalue weighted by atomic mass is 10.1. The van der Waals surface area contributed by atoms with Crippen LogP contribution < -0.4 is 21.1 Å². The minimum absolute atomic E-state index is 0.149. The molecule has 0 aliphatic heterocycles. The fourth-order valence-electron chi connectivity index (χ4n) is 2.40. The Balaban J connectivity index is 2.45. The summed E-state index contributed by atoms with van der Waals surface area (Å²) >= 11 is 0. The van der Waals surface area contributed by atoms with Gasteiger partial charge in [0.1, 0.15) is 6.04 Å². The maximum Gasteiger partial charge on any atom is 0.230 e. The maximum absolute atomic E-state index is 12.0. The molecule has 0 fully saturated rings. The van der Waals surface area contributed by atoms with Gasteiger partial charge in [-0.05, 0) is 37.1 Å². The van der Waals surface area contributed by atoms with Gasteiger partial charge in [0, 0.05) is 18.3 Å². The van der Waals surface area contributed by atoms with Crippen molar-refractivity contribution in [2.45, 2.75) is 52.0 Å². The van der Waals surface area contributed by atoms with Crippen LogP contribution in [0.3, 0.4) is 0 Å². The summed E-state index contributed by atoms with van der Waals surface area (Å²) in [4.78, 5) is 34.2. The number of carboxylic acids is 1. The first-order valence-corrected chi connectivity index (χ1v) is 8.64. The Bertz CT molecular complexity index is 572. The molecule has 2 amide bonds. The highest BCUT2D eigenvalue weighted by molar-refractivity contribution is 5.94. The molecule has 0 radical (unpaired) electrons. The van der Waals surface area contributed by atoms with E-state index in [2.05, 4.69) is 17.6 Å². The Kier molecular flexibility index (Phi) is 9.24. The number of amides is 2. The average molecular weight is 349 g/mol. The SMILES string of the molecule is CCCCCC[NH2+][C@@H](CC(=O)Nc1ccc(NC(C)=O)cc1)C(=O)[O-]. The number of carboxylic acid groups (broad SMARTS) is 1. The minimum atomic E-state index is -1.23. The Labute approximate surface area is 148 Å². The second-order valence-electron chi connectivity index (χ2n) is 6.02. The van der Waals surface area contributed by atoms with E-state index in [1.807, 2.05) is 0 Å². The van der Waals surface area contributed by atoms with E-state index in [1.165, 1.54) is 6.92 Å². The van der Waals surface area contributed by atoms with Crippen LogP contribution >= 0.6 is 0 Å². The number of anilines is 2. The molecule has 138 valence electrons. The summed E-state index contributed by atoms with van der Waals surface area (Å²) in [5.74, 6) is -1.79. The molecule has 4 N–H and O–H groups in total. The third-order valence-corrected chi connectivity index (χ3v) is 3.71. The molecule has 25 heavy (non-hydrogen) atoms. The molecule has 0 bridgehead atoms. The van der Waals surface area contributed by atoms with E-state index < -0.39 is 12.0 Å². The summed E-state index contributed by atoms with van der Waals surface area (Å²) in [6.45, 7) is 4.19. The van der Waals surface area contributed by atoms with Crippen LogP contribution in [0.5, 0.6) is 0 Å². The fraction of sp³-hybridized carbons (Fsp3) is 0.500. The lowest BCUT2D eigenvalue weighted by Crippen LogP contribution is -2.93. The van der Waals surface area contributed by atoms with Gasteiger partial charge in [-0.2, -0.15) is 0 Å². The molecule has 0 aliphatic carbocycles. The molecule has 1 aromatic carbocycles. The lowest BCUT2D eigenvalue weighted by molar-refractivity contribution is -0.682. The van der Waals surface area contributed by atoms with E-state index >= 15 is 0 Å². The second kappa shape index (κ2) is 11.2. The summed E-state index contributed by atoms with van der Waals surface area (Å²) in [5, 5.41) is 18.1. The molecule has 0 saturated heterocycles. The predicted molar refractivity (Wildman–Crippen MR) is 93.7 cm³/mol. The Morgan fingerprint density at radius 2 is 1.64 bits per heavy atom. The van der Waals surface area contributed by atoms with Crippen LogP contribution in [-0.2, 0) is 14.4 Å². The van der Waals surface area contributed by atoms with Gasteiger partial charge in [0.25, 0.3) is 0 Å². The van der Waals surface area contributed by atoms with Gasteiger partial charge in [0.15, 0.2) is 0 Å². The average Bonchev–Trinajstić information content (AvgIpc) is 2.54. The van der Waals surface area contributed by atoms with Crippen molar-refractivity contribution in [1.82, 2.24) is 0 Å². The molecule has 1 aromatic rings. The third-order valence-electron chi connectivity index (χ3n) is 3.71. The number of nitrogens with one attached hydrogen (secondary N) is 2. The van der Waals surface area contributed by atoms with Gasteiger partial charge in [0.05, 0.1) is 18.9 Å². The van der Waals surface area contributed by atoms with Crippen LogP contribution in [0.2, 0.25) is 0 Å². The van der Waals surface area contributed by atoms with Crippen molar-refractivity contribution < 1.29 is 24.8 Å². The topological polar surface area (TPSA) is 115 Å². The third kappa shape index (κ3) is 8.85. The highest BCUT2D eigenvalue weighted by Crippen LogP contribution is 2.13. The molecule has 7 heteroatoms.